The fourth-order valence-electron chi connectivity index (χ4n) is 14.6. The Kier molecular flexibility index (Phi) is 27.7. The van der Waals surface area contributed by atoms with Crippen molar-refractivity contribution in [3.05, 3.63) is 375 Å². The minimum Gasteiger partial charge on any atom is -0.381 e. The minimum atomic E-state index is -2.15. The molecule has 0 unspecified atom stereocenters. The van der Waals surface area contributed by atoms with Gasteiger partial charge in [0.25, 0.3) is 0 Å². The van der Waals surface area contributed by atoms with Gasteiger partial charge < -0.3 is 39.0 Å². The number of aryl methyl sites for hydroxylation is 4. The number of para-hydroxylation sites is 3. The van der Waals surface area contributed by atoms with Crippen LogP contribution in [0, 0.1) is 57.0 Å². The van der Waals surface area contributed by atoms with Crippen molar-refractivity contribution in [2.24, 2.45) is 0 Å². The second kappa shape index (κ2) is 40.5. The zero-order chi connectivity index (χ0) is 87.7. The van der Waals surface area contributed by atoms with Crippen LogP contribution in [-0.2, 0) is 66.9 Å². The molecule has 3 radical (unpaired) electrons. The van der Waals surface area contributed by atoms with Crippen LogP contribution < -0.4 is 25.9 Å². The molecule has 9 heterocycles. The van der Waals surface area contributed by atoms with Gasteiger partial charge in [-0.2, -0.15) is 0 Å². The first-order valence-electron chi connectivity index (χ1n) is 43.1. The molecular weight excluding hydrogens is 2070 g/mol. The summed E-state index contributed by atoms with van der Waals surface area (Å²) in [5.74, 6) is 0. The van der Waals surface area contributed by atoms with E-state index in [1.807, 2.05) is 80.0 Å². The maximum absolute atomic E-state index is 7.44. The van der Waals surface area contributed by atoms with Crippen LogP contribution in [0.1, 0.15) is 31.8 Å². The summed E-state index contributed by atoms with van der Waals surface area (Å²) in [6.07, 6.45) is 11.1. The smallest absolute Gasteiger partial charge is 0.0795 e. The quantitative estimate of drug-likeness (QED) is 0.0947. The van der Waals surface area contributed by atoms with Crippen LogP contribution in [0.4, 0.5) is 0 Å². The molecule has 1 aliphatic rings. The first-order chi connectivity index (χ1) is 59.3. The molecule has 1 aliphatic heterocycles. The topological polar surface area (TPSA) is 87.2 Å². The molecule has 18 aromatic rings. The van der Waals surface area contributed by atoms with E-state index < -0.39 is 46.0 Å². The third-order valence-corrected chi connectivity index (χ3v) is 30.9. The molecule has 0 atom stereocenters. The Morgan fingerprint density at radius 1 is 0.347 bits per heavy atom. The monoisotopic (exact) mass is 2180 g/mol. The number of hydrogen-bond donors (Lipinski definition) is 0. The molecule has 8 aromatic heterocycles. The number of pyridine rings is 6. The Morgan fingerprint density at radius 3 is 1.36 bits per heavy atom. The molecule has 10 aromatic carbocycles. The van der Waals surface area contributed by atoms with Gasteiger partial charge in [-0.3, -0.25) is 0 Å². The molecule has 0 saturated carbocycles. The second-order valence-corrected chi connectivity index (χ2v) is 52.6. The average molecular weight is 2180 g/mol. The molecular formula is C106H100Ir3N8Si4-6. The first-order valence-corrected chi connectivity index (χ1v) is 53.6. The summed E-state index contributed by atoms with van der Waals surface area (Å²) in [6.45, 7) is 27.0. The van der Waals surface area contributed by atoms with Gasteiger partial charge >= 0.3 is 0 Å². The summed E-state index contributed by atoms with van der Waals surface area (Å²) >= 11 is 0. The van der Waals surface area contributed by atoms with Crippen LogP contribution in [0.5, 0.6) is 0 Å². The van der Waals surface area contributed by atoms with E-state index in [-0.39, 0.29) is 65.9 Å². The third kappa shape index (κ3) is 21.5. The molecule has 8 nitrogen and oxygen atoms in total. The van der Waals surface area contributed by atoms with Gasteiger partial charge in [-0.25, -0.2) is 0 Å². The van der Waals surface area contributed by atoms with E-state index in [4.69, 9.17) is 23.2 Å². The largest absolute Gasteiger partial charge is 0.381 e. The van der Waals surface area contributed by atoms with Gasteiger partial charge in [0.15, 0.2) is 0 Å². The standard InChI is InChI=1S/C26H23N2Si.C22H23N2Si.C22H24NSi2.3C12H10N.3Ir/c1-29(2,3)21-14-15-24(27-18-21)19-13-16-26-23(17-19)22-11-7-8-12-25(22)28(26)20-9-5-4-6-10-20;1-5-24-21-9-7-6-8-18(21)19-14-16(10-13-22(19)24)20-12-11-17(15-23-20)25(2,3)4;1-24(2,3)17-11-12-20(23-15-17)16-10-13-22-19(14-16)18-8-6-7-9-21(18)25(22,4)5;1-10-6-5-9-13-12(10)11-7-3-2-4-8-11;1-10-7-8-13-12(9-10)11-5-3-2-4-6-11;1-10-7-8-12(13-9-10)11-5-3-2-4-6-11;;;/h4-12,14-18H,1-3H3;6-9,11-15H,5H2,1-4H3;6-9,11-15H,1-5H3;2-7,9H,1H3;2*2-5,7-9H,1H3;;;/q6*-1;;;/i;;;2*1D3;;;;. The van der Waals surface area contributed by atoms with E-state index in [1.165, 1.54) is 98.5 Å². The number of nitrogens with zero attached hydrogens (tertiary/aromatic N) is 8. The van der Waals surface area contributed by atoms with Gasteiger partial charge in [-0.1, -0.05) is 244 Å². The third-order valence-electron chi connectivity index (χ3n) is 21.3. The van der Waals surface area contributed by atoms with Gasteiger partial charge in [0.05, 0.1) is 32.3 Å². The summed E-state index contributed by atoms with van der Waals surface area (Å²) < 4.78 is 49.0. The molecule has 0 N–H and O–H groups in total. The molecule has 0 spiro atoms. The van der Waals surface area contributed by atoms with Crippen LogP contribution in [0.2, 0.25) is 72.0 Å². The SMILES string of the molecule is CCn1c2c[c-]c(-c3ccc([Si](C)(C)C)cn3)cc2c2ccccc21.C[Si](C)(C)c1ccc(-c2[c-]cc3c(c2)-c2ccccc2[Si]3(C)C)nc1.C[Si](C)(C)c1ccc(-c2[c-]cc3c(c2)c2ccccc2n3-c2ccccc2)nc1.Cc1ccc(-c2[c-]cccc2)nc1.[2H]C([2H])([2H])c1cccnc1-c1[c-]cccc1.[2H]C([2H])([2H])c1ccnc(-c2[c-]cccc2)c1.[Ir].[Ir].[Ir]. The summed E-state index contributed by atoms with van der Waals surface area (Å²) in [7, 11) is -5.55. The van der Waals surface area contributed by atoms with Crippen molar-refractivity contribution in [2.45, 2.75) is 106 Å². The molecule has 15 heteroatoms. The van der Waals surface area contributed by atoms with Crippen LogP contribution >= 0.6 is 0 Å². The van der Waals surface area contributed by atoms with Crippen molar-refractivity contribution in [3.63, 3.8) is 0 Å². The number of benzene rings is 10. The van der Waals surface area contributed by atoms with Crippen molar-refractivity contribution in [1.29, 1.82) is 0 Å². The molecule has 613 valence electrons. The van der Waals surface area contributed by atoms with Crippen molar-refractivity contribution in [1.82, 2.24) is 39.0 Å². The first kappa shape index (κ1) is 82.8. The van der Waals surface area contributed by atoms with E-state index >= 15 is 0 Å². The molecule has 0 bridgehead atoms. The maximum Gasteiger partial charge on any atom is 0.0795 e. The molecule has 0 amide bonds. The predicted octanol–water partition coefficient (Wildman–Crippen LogP) is 23.9. The van der Waals surface area contributed by atoms with Crippen LogP contribution in [0.15, 0.2) is 322 Å². The fourth-order valence-corrected chi connectivity index (χ4v) is 20.8. The van der Waals surface area contributed by atoms with E-state index in [2.05, 4.69) is 334 Å². The molecule has 19 rings (SSSR count). The maximum atomic E-state index is 7.44. The van der Waals surface area contributed by atoms with Gasteiger partial charge in [0.1, 0.15) is 0 Å². The number of aromatic nitrogens is 8. The van der Waals surface area contributed by atoms with E-state index in [0.29, 0.717) is 22.5 Å². The Morgan fingerprint density at radius 2 is 0.826 bits per heavy atom. The summed E-state index contributed by atoms with van der Waals surface area (Å²) in [4.78, 5) is 26.8. The number of rotatable bonds is 11. The summed E-state index contributed by atoms with van der Waals surface area (Å²) in [5, 5.41) is 12.3. The van der Waals surface area contributed by atoms with Crippen molar-refractivity contribution in [3.8, 4) is 84.4 Å². The Hall–Kier alpha value is -10.5. The summed E-state index contributed by atoms with van der Waals surface area (Å²) in [5.41, 5.74) is 21.4. The molecule has 0 fully saturated rings. The predicted molar refractivity (Wildman–Crippen MR) is 509 cm³/mol. The van der Waals surface area contributed by atoms with Gasteiger partial charge in [-0.15, -0.1) is 184 Å². The minimum absolute atomic E-state index is 0. The van der Waals surface area contributed by atoms with Crippen LogP contribution in [0.3, 0.4) is 0 Å². The Labute approximate surface area is 768 Å². The summed E-state index contributed by atoms with van der Waals surface area (Å²) in [6, 6.07) is 115. The average Bonchev–Trinajstić information content (AvgIpc) is 1.64. The second-order valence-electron chi connectivity index (χ2n) is 33.0. The fraction of sp³-hybridized carbons (Fsp3) is 0.151. The number of hydrogen-bond acceptors (Lipinski definition) is 6. The molecule has 0 saturated heterocycles. The van der Waals surface area contributed by atoms with Gasteiger partial charge in [0, 0.05) is 129 Å². The van der Waals surface area contributed by atoms with Crippen LogP contribution in [0.25, 0.3) is 128 Å². The molecule has 0 aliphatic carbocycles. The van der Waals surface area contributed by atoms with Gasteiger partial charge in [-0.05, 0) is 147 Å². The molecule has 121 heavy (non-hydrogen) atoms. The van der Waals surface area contributed by atoms with Crippen LogP contribution in [-0.4, -0.2) is 71.3 Å². The van der Waals surface area contributed by atoms with Crippen molar-refractivity contribution in [2.75, 3.05) is 0 Å². The zero-order valence-electron chi connectivity index (χ0n) is 76.4. The number of fused-ring (bicyclic) bond motifs is 9. The van der Waals surface area contributed by atoms with Gasteiger partial charge in [0.2, 0.25) is 0 Å². The van der Waals surface area contributed by atoms with Crippen molar-refractivity contribution < 1.29 is 68.5 Å². The van der Waals surface area contributed by atoms with E-state index in [0.717, 1.165) is 62.8 Å². The Bertz CT molecular complexity index is 6710. The van der Waals surface area contributed by atoms with E-state index in [9.17, 15) is 0 Å². The normalized spacial score (nSPS) is 12.6. The van der Waals surface area contributed by atoms with E-state index in [1.54, 1.807) is 42.6 Å². The Balaban J connectivity index is 0.000000150. The van der Waals surface area contributed by atoms with Crippen molar-refractivity contribution >= 4 is 102 Å². The zero-order valence-corrected chi connectivity index (χ0v) is 81.6.